The largest absolute Gasteiger partial charge is 0.481 e. The Labute approximate surface area is 740 Å². The van der Waals surface area contributed by atoms with Gasteiger partial charge < -0.3 is 75.7 Å². The van der Waals surface area contributed by atoms with Gasteiger partial charge in [-0.15, -0.1) is 0 Å². The summed E-state index contributed by atoms with van der Waals surface area (Å²) in [5, 5.41) is 50.2. The Balaban J connectivity index is -0.000000988. The second kappa shape index (κ2) is 83.3. The molecule has 0 fully saturated rings. The molecule has 29 heteroatoms. The van der Waals surface area contributed by atoms with Gasteiger partial charge in [-0.05, 0) is 149 Å². The van der Waals surface area contributed by atoms with Crippen molar-refractivity contribution in [3.8, 4) is 0 Å². The fourth-order valence-corrected chi connectivity index (χ4v) is 13.1. The van der Waals surface area contributed by atoms with E-state index in [9.17, 15) is 82.1 Å². The normalized spacial score (nSPS) is 13.0. The molecule has 29 nitrogen and oxygen atoms in total. The minimum absolute atomic E-state index is 0.00964. The number of hydrogen-bond donors (Lipinski definition) is 14. The molecule has 0 heterocycles. The first-order valence-electron chi connectivity index (χ1n) is 47.5. The molecule has 19 N–H and O–H groups in total. The van der Waals surface area contributed by atoms with E-state index in [0.717, 1.165) is 141 Å². The number of carbonyl (C=O) groups is 15. The van der Waals surface area contributed by atoms with Crippen LogP contribution in [-0.2, 0) is 71.9 Å². The van der Waals surface area contributed by atoms with Crippen molar-refractivity contribution < 1.29 is 92.3 Å². The van der Waals surface area contributed by atoms with Crippen molar-refractivity contribution in [1.29, 1.82) is 0 Å². The van der Waals surface area contributed by atoms with Gasteiger partial charge in [-0.3, -0.25) is 67.1 Å². The van der Waals surface area contributed by atoms with Gasteiger partial charge in [0, 0.05) is 95.3 Å². The summed E-state index contributed by atoms with van der Waals surface area (Å²) in [7, 11) is 0. The first-order valence-corrected chi connectivity index (χ1v) is 47.5. The minimum atomic E-state index is -1.14. The summed E-state index contributed by atoms with van der Waals surface area (Å²) in [6, 6.07) is -3.64. The lowest BCUT2D eigenvalue weighted by molar-refractivity contribution is -0.144. The molecule has 0 rings (SSSR count). The van der Waals surface area contributed by atoms with Crippen molar-refractivity contribution in [1.82, 2.24) is 26.6 Å². The van der Waals surface area contributed by atoms with Crippen LogP contribution >= 0.6 is 0 Å². The molecule has 0 unspecified atom stereocenters. The zero-order chi connectivity index (χ0) is 93.4. The van der Waals surface area contributed by atoms with Crippen LogP contribution in [0.5, 0.6) is 0 Å². The van der Waals surface area contributed by atoms with Crippen molar-refractivity contribution >= 4 is 88.1 Å². The van der Waals surface area contributed by atoms with Crippen LogP contribution in [0.15, 0.2) is 0 Å². The zero-order valence-electron chi connectivity index (χ0n) is 78.1. The Morgan fingerprint density at radius 1 is 0.301 bits per heavy atom. The fourth-order valence-electron chi connectivity index (χ4n) is 13.1. The van der Waals surface area contributed by atoms with Gasteiger partial charge in [-0.25, -0.2) is 4.79 Å². The van der Waals surface area contributed by atoms with Crippen LogP contribution in [0.2, 0.25) is 0 Å². The molecular weight excluding hydrogens is 1570 g/mol. The number of carboxylic acid groups (broad SMARTS) is 4. The lowest BCUT2D eigenvalue weighted by atomic mass is 9.92. The topological polar surface area (TPSA) is 527 Å². The third kappa shape index (κ3) is 84.3. The van der Waals surface area contributed by atoms with E-state index in [1.165, 1.54) is 77.6 Å². The average molecular weight is 1750 g/mol. The first kappa shape index (κ1) is 122. The van der Waals surface area contributed by atoms with E-state index in [1.807, 2.05) is 41.5 Å². The van der Waals surface area contributed by atoms with Gasteiger partial charge in [0.15, 0.2) is 0 Å². The number of ketones is 6. The summed E-state index contributed by atoms with van der Waals surface area (Å²) < 4.78 is 0. The lowest BCUT2D eigenvalue weighted by Gasteiger charge is -2.14. The van der Waals surface area contributed by atoms with Gasteiger partial charge in [-0.1, -0.05) is 221 Å². The van der Waals surface area contributed by atoms with Crippen LogP contribution in [0, 0.1) is 17.3 Å². The Kier molecular flexibility index (Phi) is 82.8. The molecule has 0 spiro atoms. The van der Waals surface area contributed by atoms with E-state index >= 15 is 0 Å². The molecule has 5 amide bonds. The summed E-state index contributed by atoms with van der Waals surface area (Å²) in [4.78, 5) is 175. The molecule has 0 radical (unpaired) electrons. The number of nitrogens with two attached hydrogens (primary N) is 5. The fraction of sp³-hybridized carbons (Fsp3) is 0.840. The smallest absolute Gasteiger partial charge is 0.326 e. The Morgan fingerprint density at radius 2 is 0.634 bits per heavy atom. The number of carbonyl (C=O) groups excluding carboxylic acids is 11. The molecule has 0 saturated heterocycles. The van der Waals surface area contributed by atoms with Crippen LogP contribution in [0.4, 0.5) is 0 Å². The van der Waals surface area contributed by atoms with Crippen molar-refractivity contribution in [2.75, 3.05) is 26.2 Å². The molecule has 0 aromatic heterocycles. The summed E-state index contributed by atoms with van der Waals surface area (Å²) in [5.41, 5.74) is 29.2. The van der Waals surface area contributed by atoms with Crippen molar-refractivity contribution in [3.63, 3.8) is 0 Å². The number of unbranched alkanes of at least 4 members (excludes halogenated alkanes) is 31. The monoisotopic (exact) mass is 1750 g/mol. The van der Waals surface area contributed by atoms with Crippen molar-refractivity contribution in [3.05, 3.63) is 0 Å². The van der Waals surface area contributed by atoms with Crippen molar-refractivity contribution in [2.24, 2.45) is 45.9 Å². The molecule has 0 aliphatic rings. The molecule has 0 aromatic carbocycles. The highest BCUT2D eigenvalue weighted by atomic mass is 16.4. The molecule has 0 aliphatic heterocycles. The van der Waals surface area contributed by atoms with E-state index in [-0.39, 0.29) is 133 Å². The van der Waals surface area contributed by atoms with Gasteiger partial charge in [0.05, 0.1) is 36.1 Å². The first-order chi connectivity index (χ1) is 58.3. The predicted molar refractivity (Wildman–Crippen MR) is 488 cm³/mol. The maximum atomic E-state index is 12.4. The van der Waals surface area contributed by atoms with Crippen LogP contribution < -0.4 is 55.3 Å². The van der Waals surface area contributed by atoms with Crippen LogP contribution in [-0.4, -0.2) is 171 Å². The van der Waals surface area contributed by atoms with Crippen LogP contribution in [0.1, 0.15) is 428 Å². The Hall–Kier alpha value is -6.95. The highest BCUT2D eigenvalue weighted by Gasteiger charge is 2.25. The minimum Gasteiger partial charge on any atom is -0.481 e. The lowest BCUT2D eigenvalue weighted by Crippen LogP contribution is -2.41. The Morgan fingerprint density at radius 3 is 0.984 bits per heavy atom. The van der Waals surface area contributed by atoms with Crippen LogP contribution in [0.3, 0.4) is 0 Å². The van der Waals surface area contributed by atoms with Gasteiger partial charge in [0.1, 0.15) is 40.7 Å². The molecule has 0 saturated carbocycles. The standard InChI is InChI=1S/C44H81N5O9.C38H70N4O8.C6H13NO.C6H12O/c1-34(35(2)50)24-20-22-32-47-43(56)38(46)27-21-23-33-48-42(55)37(45)26-17-15-16-25-36(51)30-31-39(44(57)58)49-40(52)28-18-13-11-9-7-5-3-4-6-8-10-12-14-19-29-41(53)54;1-2-27-42-37(48)33(40)22-15-13-16-23-34(44)32(39)21-18-19-28-41-35(45)26-25-30(38(49)50)29-31(43)20-14-11-9-7-5-3-4-6-8-10-12-17-24-36(46)47;1-3-4-6(7)5(2)8;1-5(7)6(2,3)4/h34,37-39H,3-33,45-46H2,1-2H3,(H,47,56)(H,48,55)(H,49,52)(H,53,54)(H,57,58);30,32-33H,2-29,39-40H2,1H3,(H,41,45)(H,42,48)(H,46,47)(H,49,50);6H,3-4,7H2,1-2H3;1-4H3/t34-,37-,38-,39-;30-,32+,33+;6-;/m010./s1. The summed E-state index contributed by atoms with van der Waals surface area (Å²) in [5.74, 6) is -5.17. The van der Waals surface area contributed by atoms with Gasteiger partial charge in [0.25, 0.3) is 0 Å². The Bertz CT molecular complexity index is 2860. The van der Waals surface area contributed by atoms with E-state index in [4.69, 9.17) is 38.9 Å². The molecule has 0 aromatic rings. The SMILES string of the molecule is CC(=O)C(C)(C)C.CC(=O)[C@@H](C)CCCCNC(=O)[C@@H](N)CCCCNC(=O)[C@@H](N)CCCCCC(=O)CC[C@H](NC(=O)CCCCCCCCCCCCCCCCC(=O)O)C(=O)O.CCCNC(=O)[C@@H](N)CCCCCC(=O)[C@@H](N)CCCCNC(=O)CC[C@H](CC(=O)CCCCCCCCCCCCCCC(=O)O)C(=O)O.CCC[C@H](N)C(C)=O. The number of rotatable bonds is 80. The van der Waals surface area contributed by atoms with E-state index in [1.54, 1.807) is 13.8 Å². The van der Waals surface area contributed by atoms with E-state index < -0.39 is 60.0 Å². The van der Waals surface area contributed by atoms with Gasteiger partial charge >= 0.3 is 23.9 Å². The number of carboxylic acids is 4. The average Bonchev–Trinajstić information content (AvgIpc) is 0.937. The van der Waals surface area contributed by atoms with E-state index in [2.05, 4.69) is 26.6 Å². The molecular formula is C94H176N10O19. The molecule has 716 valence electrons. The summed E-state index contributed by atoms with van der Waals surface area (Å²) in [6.45, 7) is 18.4. The number of Topliss-reactive ketones (excluding diaryl/α,β-unsaturated/α-hetero) is 6. The number of aliphatic carboxylic acids is 4. The number of hydrogen-bond acceptors (Lipinski definition) is 20. The highest BCUT2D eigenvalue weighted by molar-refractivity contribution is 5.87. The third-order valence-corrected chi connectivity index (χ3v) is 22.2. The molecule has 8 atom stereocenters. The van der Waals surface area contributed by atoms with Crippen LogP contribution in [0.25, 0.3) is 0 Å². The maximum Gasteiger partial charge on any atom is 0.326 e. The number of nitrogens with one attached hydrogen (secondary N) is 5. The summed E-state index contributed by atoms with van der Waals surface area (Å²) >= 11 is 0. The maximum absolute atomic E-state index is 12.4. The zero-order valence-corrected chi connectivity index (χ0v) is 78.1. The molecule has 0 aliphatic carbocycles. The predicted octanol–water partition coefficient (Wildman–Crippen LogP) is 14.9. The van der Waals surface area contributed by atoms with Crippen molar-refractivity contribution in [2.45, 2.75) is 465 Å². The second-order valence-corrected chi connectivity index (χ2v) is 35.0. The van der Waals surface area contributed by atoms with Gasteiger partial charge in [0.2, 0.25) is 29.5 Å². The molecule has 0 bridgehead atoms. The quantitative estimate of drug-likeness (QED) is 0.0252. The summed E-state index contributed by atoms with van der Waals surface area (Å²) in [6.07, 6.45) is 44.2. The van der Waals surface area contributed by atoms with E-state index in [0.29, 0.717) is 129 Å². The highest BCUT2D eigenvalue weighted by Crippen LogP contribution is 2.20. The third-order valence-electron chi connectivity index (χ3n) is 22.2. The van der Waals surface area contributed by atoms with Gasteiger partial charge in [-0.2, -0.15) is 0 Å². The molecule has 123 heavy (non-hydrogen) atoms. The number of amides is 5. The second-order valence-electron chi connectivity index (χ2n) is 35.0.